The second kappa shape index (κ2) is 7.68. The molecular formula is C15H26ClN3. The molecule has 1 aromatic heterocycles. The van der Waals surface area contributed by atoms with E-state index in [2.05, 4.69) is 42.6 Å². The molecule has 1 heterocycles. The standard InChI is InChI=1S/C15H26ClN3/c1-6-14(7-2)19(10-11(3)4)15-17-9-13(8-16)12(5)18-15/h9,11,14H,6-8,10H2,1-5H3. The maximum Gasteiger partial charge on any atom is 0.225 e. The third-order valence-electron chi connectivity index (χ3n) is 3.41. The molecule has 1 aromatic rings. The summed E-state index contributed by atoms with van der Waals surface area (Å²) in [5.41, 5.74) is 2.00. The largest absolute Gasteiger partial charge is 0.338 e. The fourth-order valence-electron chi connectivity index (χ4n) is 2.27. The minimum atomic E-state index is 0.473. The highest BCUT2D eigenvalue weighted by atomic mass is 35.5. The Morgan fingerprint density at radius 1 is 1.26 bits per heavy atom. The van der Waals surface area contributed by atoms with Gasteiger partial charge in [0.15, 0.2) is 0 Å². The van der Waals surface area contributed by atoms with Crippen LogP contribution in [0.1, 0.15) is 51.8 Å². The molecule has 0 radical (unpaired) electrons. The summed E-state index contributed by atoms with van der Waals surface area (Å²) in [5.74, 6) is 1.91. The van der Waals surface area contributed by atoms with E-state index in [0.29, 0.717) is 17.8 Å². The highest BCUT2D eigenvalue weighted by Gasteiger charge is 2.19. The van der Waals surface area contributed by atoms with Gasteiger partial charge in [-0.1, -0.05) is 27.7 Å². The van der Waals surface area contributed by atoms with E-state index in [1.807, 2.05) is 13.1 Å². The van der Waals surface area contributed by atoms with Gasteiger partial charge in [0.2, 0.25) is 5.95 Å². The molecule has 3 nitrogen and oxygen atoms in total. The monoisotopic (exact) mass is 283 g/mol. The van der Waals surface area contributed by atoms with E-state index >= 15 is 0 Å². The van der Waals surface area contributed by atoms with E-state index in [9.17, 15) is 0 Å². The number of alkyl halides is 1. The quantitative estimate of drug-likeness (QED) is 0.703. The topological polar surface area (TPSA) is 29.0 Å². The highest BCUT2D eigenvalue weighted by Crippen LogP contribution is 2.20. The predicted octanol–water partition coefficient (Wildman–Crippen LogP) is 4.17. The van der Waals surface area contributed by atoms with Crippen molar-refractivity contribution in [2.45, 2.75) is 59.4 Å². The Morgan fingerprint density at radius 3 is 2.32 bits per heavy atom. The molecule has 0 N–H and O–H groups in total. The number of nitrogens with zero attached hydrogens (tertiary/aromatic N) is 3. The van der Waals surface area contributed by atoms with Crippen molar-refractivity contribution in [3.8, 4) is 0 Å². The first-order valence-corrected chi connectivity index (χ1v) is 7.71. The Hall–Kier alpha value is -0.830. The molecule has 19 heavy (non-hydrogen) atoms. The van der Waals surface area contributed by atoms with Crippen molar-refractivity contribution in [3.05, 3.63) is 17.5 Å². The lowest BCUT2D eigenvalue weighted by Gasteiger charge is -2.32. The minimum absolute atomic E-state index is 0.473. The molecule has 0 saturated carbocycles. The second-order valence-corrected chi connectivity index (χ2v) is 5.70. The molecule has 108 valence electrons. The summed E-state index contributed by atoms with van der Waals surface area (Å²) in [5, 5.41) is 0. The van der Waals surface area contributed by atoms with Gasteiger partial charge in [0, 0.05) is 30.0 Å². The Kier molecular flexibility index (Phi) is 6.56. The van der Waals surface area contributed by atoms with Crippen molar-refractivity contribution in [3.63, 3.8) is 0 Å². The first-order chi connectivity index (χ1) is 9.03. The zero-order chi connectivity index (χ0) is 14.4. The third-order valence-corrected chi connectivity index (χ3v) is 3.70. The van der Waals surface area contributed by atoms with Crippen LogP contribution in [0.5, 0.6) is 0 Å². The molecule has 0 aliphatic rings. The molecule has 0 aromatic carbocycles. The van der Waals surface area contributed by atoms with Crippen LogP contribution in [0.3, 0.4) is 0 Å². The van der Waals surface area contributed by atoms with E-state index in [1.165, 1.54) is 0 Å². The smallest absolute Gasteiger partial charge is 0.225 e. The van der Waals surface area contributed by atoms with Crippen molar-refractivity contribution in [2.24, 2.45) is 5.92 Å². The number of anilines is 1. The van der Waals surface area contributed by atoms with E-state index in [1.54, 1.807) is 0 Å². The van der Waals surface area contributed by atoms with Crippen molar-refractivity contribution < 1.29 is 0 Å². The first kappa shape index (κ1) is 16.2. The molecule has 1 rings (SSSR count). The molecule has 0 amide bonds. The summed E-state index contributed by atoms with van der Waals surface area (Å²) in [6.07, 6.45) is 4.09. The summed E-state index contributed by atoms with van der Waals surface area (Å²) in [7, 11) is 0. The summed E-state index contributed by atoms with van der Waals surface area (Å²) in [6.45, 7) is 11.9. The number of rotatable bonds is 7. The van der Waals surface area contributed by atoms with Crippen LogP contribution in [0.15, 0.2) is 6.20 Å². The molecule has 4 heteroatoms. The van der Waals surface area contributed by atoms with Gasteiger partial charge in [-0.25, -0.2) is 9.97 Å². The van der Waals surface area contributed by atoms with Crippen LogP contribution in [0, 0.1) is 12.8 Å². The summed E-state index contributed by atoms with van der Waals surface area (Å²) >= 11 is 5.87. The van der Waals surface area contributed by atoms with Crippen LogP contribution in [0.2, 0.25) is 0 Å². The van der Waals surface area contributed by atoms with Crippen LogP contribution in [-0.2, 0) is 5.88 Å². The van der Waals surface area contributed by atoms with Gasteiger partial charge in [-0.3, -0.25) is 0 Å². The lowest BCUT2D eigenvalue weighted by atomic mass is 10.1. The molecule has 0 unspecified atom stereocenters. The first-order valence-electron chi connectivity index (χ1n) is 7.18. The lowest BCUT2D eigenvalue weighted by molar-refractivity contribution is 0.498. The molecule has 0 spiro atoms. The van der Waals surface area contributed by atoms with Crippen LogP contribution in [0.4, 0.5) is 5.95 Å². The average molecular weight is 284 g/mol. The van der Waals surface area contributed by atoms with Gasteiger partial charge in [-0.2, -0.15) is 0 Å². The van der Waals surface area contributed by atoms with E-state index in [-0.39, 0.29) is 0 Å². The maximum atomic E-state index is 5.87. The molecule has 0 fully saturated rings. The van der Waals surface area contributed by atoms with Crippen LogP contribution < -0.4 is 4.90 Å². The number of aryl methyl sites for hydroxylation is 1. The van der Waals surface area contributed by atoms with Crippen LogP contribution >= 0.6 is 11.6 Å². The van der Waals surface area contributed by atoms with Gasteiger partial charge >= 0.3 is 0 Å². The maximum absolute atomic E-state index is 5.87. The predicted molar refractivity (Wildman–Crippen MR) is 82.9 cm³/mol. The van der Waals surface area contributed by atoms with Crippen LogP contribution in [0.25, 0.3) is 0 Å². The van der Waals surface area contributed by atoms with Gasteiger partial charge in [0.05, 0.1) is 5.88 Å². The zero-order valence-corrected chi connectivity index (χ0v) is 13.5. The lowest BCUT2D eigenvalue weighted by Crippen LogP contribution is -2.38. The summed E-state index contributed by atoms with van der Waals surface area (Å²) < 4.78 is 0. The molecule has 0 aliphatic carbocycles. The molecular weight excluding hydrogens is 258 g/mol. The Labute approximate surface area is 122 Å². The van der Waals surface area contributed by atoms with Crippen molar-refractivity contribution >= 4 is 17.5 Å². The van der Waals surface area contributed by atoms with Gasteiger partial charge < -0.3 is 4.90 Å². The Balaban J connectivity index is 3.05. The molecule has 0 bridgehead atoms. The second-order valence-electron chi connectivity index (χ2n) is 5.43. The third kappa shape index (κ3) is 4.34. The number of hydrogen-bond donors (Lipinski definition) is 0. The van der Waals surface area contributed by atoms with Gasteiger partial charge in [-0.05, 0) is 25.7 Å². The van der Waals surface area contributed by atoms with Crippen molar-refractivity contribution in [1.82, 2.24) is 9.97 Å². The van der Waals surface area contributed by atoms with Crippen molar-refractivity contribution in [2.75, 3.05) is 11.4 Å². The van der Waals surface area contributed by atoms with Crippen molar-refractivity contribution in [1.29, 1.82) is 0 Å². The number of aromatic nitrogens is 2. The fourth-order valence-corrected chi connectivity index (χ4v) is 2.53. The van der Waals surface area contributed by atoms with E-state index < -0.39 is 0 Å². The zero-order valence-electron chi connectivity index (χ0n) is 12.8. The minimum Gasteiger partial charge on any atom is -0.338 e. The molecule has 0 saturated heterocycles. The highest BCUT2D eigenvalue weighted by molar-refractivity contribution is 6.17. The average Bonchev–Trinajstić information content (AvgIpc) is 2.38. The fraction of sp³-hybridized carbons (Fsp3) is 0.733. The summed E-state index contributed by atoms with van der Waals surface area (Å²) in [4.78, 5) is 11.5. The number of hydrogen-bond acceptors (Lipinski definition) is 3. The summed E-state index contributed by atoms with van der Waals surface area (Å²) in [6, 6.07) is 0.503. The Bertz CT molecular complexity index is 389. The van der Waals surface area contributed by atoms with Gasteiger partial charge in [0.1, 0.15) is 0 Å². The van der Waals surface area contributed by atoms with Gasteiger partial charge in [-0.15, -0.1) is 11.6 Å². The SMILES string of the molecule is CCC(CC)N(CC(C)C)c1ncc(CCl)c(C)n1. The van der Waals surface area contributed by atoms with Crippen LogP contribution in [-0.4, -0.2) is 22.6 Å². The van der Waals surface area contributed by atoms with E-state index in [0.717, 1.165) is 36.6 Å². The molecule has 0 aliphatic heterocycles. The van der Waals surface area contributed by atoms with Gasteiger partial charge in [0.25, 0.3) is 0 Å². The number of halogens is 1. The normalized spacial score (nSPS) is 11.4. The molecule has 0 atom stereocenters. The van der Waals surface area contributed by atoms with E-state index in [4.69, 9.17) is 11.6 Å². The Morgan fingerprint density at radius 2 is 1.89 bits per heavy atom.